The van der Waals surface area contributed by atoms with Crippen molar-refractivity contribution >= 4 is 22.4 Å². The van der Waals surface area contributed by atoms with E-state index in [4.69, 9.17) is 0 Å². The number of aromatic nitrogens is 2. The molecule has 0 spiro atoms. The first-order valence-electron chi connectivity index (χ1n) is 4.46. The zero-order valence-corrected chi connectivity index (χ0v) is 8.70. The molecule has 0 fully saturated rings. The maximum Gasteiger partial charge on any atom is 0.229 e. The van der Waals surface area contributed by atoms with E-state index in [0.29, 0.717) is 11.4 Å². The molecule has 0 unspecified atom stereocenters. The first-order valence-corrected chi connectivity index (χ1v) is 5.23. The van der Waals surface area contributed by atoms with Gasteiger partial charge in [-0.15, -0.1) is 5.10 Å². The third kappa shape index (κ3) is 2.85. The summed E-state index contributed by atoms with van der Waals surface area (Å²) in [7, 11) is 0. The monoisotopic (exact) mass is 219 g/mol. The van der Waals surface area contributed by atoms with E-state index in [1.807, 2.05) is 30.3 Å². The van der Waals surface area contributed by atoms with Crippen molar-refractivity contribution in [3.05, 3.63) is 42.1 Å². The van der Waals surface area contributed by atoms with Crippen molar-refractivity contribution in [2.24, 2.45) is 0 Å². The lowest BCUT2D eigenvalue weighted by molar-refractivity contribution is -0.115. The fourth-order valence-electron chi connectivity index (χ4n) is 1.19. The molecule has 0 atom stereocenters. The molecule has 15 heavy (non-hydrogen) atoms. The first kappa shape index (κ1) is 9.79. The summed E-state index contributed by atoms with van der Waals surface area (Å²) >= 11 is 1.17. The molecule has 0 aliphatic carbocycles. The fourth-order valence-corrected chi connectivity index (χ4v) is 1.62. The number of benzene rings is 1. The van der Waals surface area contributed by atoms with Gasteiger partial charge in [-0.1, -0.05) is 34.8 Å². The first-order chi connectivity index (χ1) is 7.34. The van der Waals surface area contributed by atoms with Crippen molar-refractivity contribution in [2.75, 3.05) is 5.32 Å². The maximum absolute atomic E-state index is 11.5. The molecule has 76 valence electrons. The summed E-state index contributed by atoms with van der Waals surface area (Å²) in [6.45, 7) is 0. The predicted octanol–water partition coefficient (Wildman–Crippen LogP) is 1.72. The molecule has 0 saturated carbocycles. The smallest absolute Gasteiger partial charge is 0.229 e. The lowest BCUT2D eigenvalue weighted by Crippen LogP contribution is -2.13. The fraction of sp³-hybridized carbons (Fsp3) is 0.100. The van der Waals surface area contributed by atoms with Crippen LogP contribution in [0.4, 0.5) is 5.00 Å². The van der Waals surface area contributed by atoms with Crippen molar-refractivity contribution in [3.8, 4) is 0 Å². The van der Waals surface area contributed by atoms with E-state index in [0.717, 1.165) is 5.56 Å². The summed E-state index contributed by atoms with van der Waals surface area (Å²) in [5.74, 6) is -0.0488. The van der Waals surface area contributed by atoms with Gasteiger partial charge in [-0.2, -0.15) is 0 Å². The van der Waals surface area contributed by atoms with E-state index < -0.39 is 0 Å². The van der Waals surface area contributed by atoms with E-state index >= 15 is 0 Å². The Hall–Kier alpha value is -1.75. The van der Waals surface area contributed by atoms with Crippen molar-refractivity contribution in [1.82, 2.24) is 9.59 Å². The topological polar surface area (TPSA) is 54.9 Å². The number of amides is 1. The van der Waals surface area contributed by atoms with Crippen molar-refractivity contribution in [3.63, 3.8) is 0 Å². The number of hydrogen-bond acceptors (Lipinski definition) is 4. The van der Waals surface area contributed by atoms with Gasteiger partial charge in [0.2, 0.25) is 5.91 Å². The van der Waals surface area contributed by atoms with Crippen LogP contribution in [0.5, 0.6) is 0 Å². The summed E-state index contributed by atoms with van der Waals surface area (Å²) in [5.41, 5.74) is 0.993. The maximum atomic E-state index is 11.5. The SMILES string of the molecule is O=C(Cc1ccccc1)Nc1cnns1. The largest absolute Gasteiger partial charge is 0.315 e. The molecule has 0 aliphatic rings. The average Bonchev–Trinajstić information content (AvgIpc) is 2.71. The molecule has 5 heteroatoms. The molecule has 1 aromatic heterocycles. The van der Waals surface area contributed by atoms with E-state index in [1.165, 1.54) is 17.7 Å². The minimum absolute atomic E-state index is 0.0488. The van der Waals surface area contributed by atoms with E-state index in [1.54, 1.807) is 0 Å². The zero-order chi connectivity index (χ0) is 10.5. The summed E-state index contributed by atoms with van der Waals surface area (Å²) in [5, 5.41) is 7.04. The quantitative estimate of drug-likeness (QED) is 0.855. The second-order valence-electron chi connectivity index (χ2n) is 2.99. The van der Waals surface area contributed by atoms with Gasteiger partial charge in [-0.25, -0.2) is 0 Å². The summed E-state index contributed by atoms with van der Waals surface area (Å²) in [6.07, 6.45) is 1.91. The Morgan fingerprint density at radius 2 is 2.13 bits per heavy atom. The molecule has 1 heterocycles. The van der Waals surface area contributed by atoms with Gasteiger partial charge in [0.05, 0.1) is 12.6 Å². The van der Waals surface area contributed by atoms with Crippen LogP contribution in [0.15, 0.2) is 36.5 Å². The highest BCUT2D eigenvalue weighted by molar-refractivity contribution is 7.10. The summed E-state index contributed by atoms with van der Waals surface area (Å²) in [4.78, 5) is 11.5. The van der Waals surface area contributed by atoms with E-state index in [-0.39, 0.29) is 5.91 Å². The Labute approximate surface area is 91.1 Å². The Bertz CT molecular complexity index is 427. The third-order valence-corrected chi connectivity index (χ3v) is 2.41. The molecule has 1 aromatic carbocycles. The molecule has 2 aromatic rings. The van der Waals surface area contributed by atoms with Gasteiger partial charge in [0, 0.05) is 11.5 Å². The predicted molar refractivity (Wildman–Crippen MR) is 58.7 cm³/mol. The van der Waals surface area contributed by atoms with Crippen LogP contribution in [0.25, 0.3) is 0 Å². The number of carbonyl (C=O) groups excluding carboxylic acids is 1. The molecule has 1 N–H and O–H groups in total. The molecular weight excluding hydrogens is 210 g/mol. The minimum atomic E-state index is -0.0488. The number of rotatable bonds is 3. The second-order valence-corrected chi connectivity index (χ2v) is 3.78. The average molecular weight is 219 g/mol. The van der Waals surface area contributed by atoms with Crippen LogP contribution < -0.4 is 5.32 Å². The van der Waals surface area contributed by atoms with Crippen LogP contribution in [-0.2, 0) is 11.2 Å². The normalized spacial score (nSPS) is 9.87. The standard InChI is InChI=1S/C10H9N3OS/c14-9(12-10-7-11-13-15-10)6-8-4-2-1-3-5-8/h1-5,7H,6H2,(H,12,14). The molecule has 0 aliphatic heterocycles. The van der Waals surface area contributed by atoms with E-state index in [2.05, 4.69) is 14.9 Å². The number of nitrogens with zero attached hydrogens (tertiary/aromatic N) is 2. The van der Waals surface area contributed by atoms with Crippen LogP contribution in [0.2, 0.25) is 0 Å². The second kappa shape index (κ2) is 4.65. The van der Waals surface area contributed by atoms with Gasteiger partial charge >= 0.3 is 0 Å². The van der Waals surface area contributed by atoms with Crippen LogP contribution in [-0.4, -0.2) is 15.5 Å². The van der Waals surface area contributed by atoms with Crippen LogP contribution in [0, 0.1) is 0 Å². The third-order valence-electron chi connectivity index (χ3n) is 1.83. The molecule has 0 radical (unpaired) electrons. The minimum Gasteiger partial charge on any atom is -0.315 e. The summed E-state index contributed by atoms with van der Waals surface area (Å²) in [6, 6.07) is 9.59. The Morgan fingerprint density at radius 3 is 2.80 bits per heavy atom. The van der Waals surface area contributed by atoms with Gasteiger partial charge in [0.15, 0.2) is 0 Å². The van der Waals surface area contributed by atoms with Crippen LogP contribution >= 0.6 is 11.5 Å². The van der Waals surface area contributed by atoms with Gasteiger partial charge in [-0.05, 0) is 5.56 Å². The van der Waals surface area contributed by atoms with Gasteiger partial charge in [-0.3, -0.25) is 4.79 Å². The van der Waals surface area contributed by atoms with Crippen molar-refractivity contribution in [1.29, 1.82) is 0 Å². The molecular formula is C10H9N3OS. The molecule has 0 bridgehead atoms. The summed E-state index contributed by atoms with van der Waals surface area (Å²) < 4.78 is 3.66. The lowest BCUT2D eigenvalue weighted by Gasteiger charge is -2.00. The zero-order valence-electron chi connectivity index (χ0n) is 7.88. The Morgan fingerprint density at radius 1 is 1.33 bits per heavy atom. The molecule has 0 saturated heterocycles. The van der Waals surface area contributed by atoms with E-state index in [9.17, 15) is 4.79 Å². The Kier molecular flexibility index (Phi) is 3.04. The molecule has 4 nitrogen and oxygen atoms in total. The highest BCUT2D eigenvalue weighted by Crippen LogP contribution is 2.10. The van der Waals surface area contributed by atoms with Gasteiger partial charge < -0.3 is 5.32 Å². The highest BCUT2D eigenvalue weighted by Gasteiger charge is 2.04. The lowest BCUT2D eigenvalue weighted by atomic mass is 10.1. The number of carbonyl (C=O) groups is 1. The highest BCUT2D eigenvalue weighted by atomic mass is 32.1. The van der Waals surface area contributed by atoms with Crippen molar-refractivity contribution in [2.45, 2.75) is 6.42 Å². The number of anilines is 1. The molecule has 1 amide bonds. The van der Waals surface area contributed by atoms with Gasteiger partial charge in [0.1, 0.15) is 5.00 Å². The number of hydrogen-bond donors (Lipinski definition) is 1. The molecule has 2 rings (SSSR count). The van der Waals surface area contributed by atoms with Crippen LogP contribution in [0.3, 0.4) is 0 Å². The number of nitrogens with one attached hydrogen (secondary N) is 1. The van der Waals surface area contributed by atoms with Crippen molar-refractivity contribution < 1.29 is 4.79 Å². The van der Waals surface area contributed by atoms with Crippen LogP contribution in [0.1, 0.15) is 5.56 Å². The van der Waals surface area contributed by atoms with Gasteiger partial charge in [0.25, 0.3) is 0 Å². The Balaban J connectivity index is 1.94.